The van der Waals surface area contributed by atoms with E-state index < -0.39 is 17.8 Å². The average Bonchev–Trinajstić information content (AvgIpc) is 3.10. The lowest BCUT2D eigenvalue weighted by atomic mass is 9.92. The lowest BCUT2D eigenvalue weighted by molar-refractivity contribution is -0.282. The van der Waals surface area contributed by atoms with Gasteiger partial charge in [-0.3, -0.25) is 19.5 Å². The van der Waals surface area contributed by atoms with Crippen molar-refractivity contribution in [3.63, 3.8) is 0 Å². The van der Waals surface area contributed by atoms with E-state index in [4.69, 9.17) is 37.7 Å². The highest BCUT2D eigenvalue weighted by molar-refractivity contribution is 6.43. The van der Waals surface area contributed by atoms with Gasteiger partial charge >= 0.3 is 5.97 Å². The molecule has 1 aromatic heterocycles. The number of fused-ring (bicyclic) bond motifs is 1. The minimum Gasteiger partial charge on any atom is -0.462 e. The summed E-state index contributed by atoms with van der Waals surface area (Å²) in [5.41, 5.74) is 2.62. The summed E-state index contributed by atoms with van der Waals surface area (Å²) in [6.07, 6.45) is 0. The predicted octanol–water partition coefficient (Wildman–Crippen LogP) is 5.41. The number of hydrogen-bond acceptors (Lipinski definition) is 7. The molecule has 2 heterocycles. The molecule has 0 unspecified atom stereocenters. The first-order chi connectivity index (χ1) is 17.3. The van der Waals surface area contributed by atoms with Gasteiger partial charge in [-0.2, -0.15) is 0 Å². The summed E-state index contributed by atoms with van der Waals surface area (Å²) >= 11 is 12.9. The second kappa shape index (κ2) is 10.8. The first-order valence-corrected chi connectivity index (χ1v) is 11.8. The fourth-order valence-electron chi connectivity index (χ4n) is 4.16. The monoisotopic (exact) mass is 528 g/mol. The predicted molar refractivity (Wildman–Crippen MR) is 133 cm³/mol. The highest BCUT2D eigenvalue weighted by Crippen LogP contribution is 2.40. The van der Waals surface area contributed by atoms with E-state index in [9.17, 15) is 14.4 Å². The number of imide groups is 1. The molecule has 1 aliphatic rings. The third-order valence-corrected chi connectivity index (χ3v) is 6.61. The molecule has 0 bridgehead atoms. The molecule has 0 atom stereocenters. The van der Waals surface area contributed by atoms with Crippen molar-refractivity contribution in [2.45, 2.75) is 27.0 Å². The van der Waals surface area contributed by atoms with Crippen LogP contribution in [0.5, 0.6) is 0 Å². The lowest BCUT2D eigenvalue weighted by Gasteiger charge is -2.22. The van der Waals surface area contributed by atoms with Gasteiger partial charge in [-0.15, -0.1) is 0 Å². The van der Waals surface area contributed by atoms with Crippen LogP contribution in [0.15, 0.2) is 42.5 Å². The van der Waals surface area contributed by atoms with E-state index in [-0.39, 0.29) is 41.1 Å². The number of aryl methyl sites for hydroxylation is 1. The number of rotatable bonds is 8. The molecule has 186 valence electrons. The molecule has 3 aromatic rings. The Bertz CT molecular complexity index is 1340. The molecular weight excluding hydrogens is 507 g/mol. The maximum atomic E-state index is 13.3. The SMILES string of the molecule is CCOC(=O)c1c(CN2C(=O)c3ccccc3C2=O)nc(C)c(COOC)c1-c1cccc(Cl)c1Cl. The Balaban J connectivity index is 1.95. The van der Waals surface area contributed by atoms with Gasteiger partial charge in [0.25, 0.3) is 11.8 Å². The van der Waals surface area contributed by atoms with Gasteiger partial charge in [-0.25, -0.2) is 14.6 Å². The Hall–Kier alpha value is -3.30. The number of amides is 2. The van der Waals surface area contributed by atoms with Crippen molar-refractivity contribution in [2.24, 2.45) is 0 Å². The molecule has 36 heavy (non-hydrogen) atoms. The van der Waals surface area contributed by atoms with Gasteiger partial charge in [0.2, 0.25) is 0 Å². The first kappa shape index (κ1) is 25.8. The summed E-state index contributed by atoms with van der Waals surface area (Å²) in [5.74, 6) is -1.64. The third-order valence-electron chi connectivity index (χ3n) is 5.79. The first-order valence-electron chi connectivity index (χ1n) is 11.0. The van der Waals surface area contributed by atoms with E-state index in [1.54, 1.807) is 56.3 Å². The summed E-state index contributed by atoms with van der Waals surface area (Å²) in [7, 11) is 1.36. The largest absolute Gasteiger partial charge is 0.462 e. The normalized spacial score (nSPS) is 12.8. The Morgan fingerprint density at radius 1 is 1.00 bits per heavy atom. The zero-order valence-electron chi connectivity index (χ0n) is 19.8. The van der Waals surface area contributed by atoms with Crippen LogP contribution in [0.3, 0.4) is 0 Å². The summed E-state index contributed by atoms with van der Waals surface area (Å²) in [6.45, 7) is 3.17. The summed E-state index contributed by atoms with van der Waals surface area (Å²) in [6, 6.07) is 11.6. The minimum atomic E-state index is -0.693. The van der Waals surface area contributed by atoms with E-state index in [0.29, 0.717) is 33.5 Å². The zero-order chi connectivity index (χ0) is 26.0. The van der Waals surface area contributed by atoms with Crippen LogP contribution in [0.25, 0.3) is 11.1 Å². The molecule has 0 radical (unpaired) electrons. The Morgan fingerprint density at radius 2 is 1.64 bits per heavy atom. The third kappa shape index (κ3) is 4.60. The van der Waals surface area contributed by atoms with Crippen molar-refractivity contribution in [1.29, 1.82) is 0 Å². The van der Waals surface area contributed by atoms with Gasteiger partial charge < -0.3 is 4.74 Å². The van der Waals surface area contributed by atoms with Gasteiger partial charge in [0, 0.05) is 22.4 Å². The van der Waals surface area contributed by atoms with Crippen LogP contribution >= 0.6 is 23.2 Å². The standard InChI is InChI=1S/C26H22Cl2N2O6/c1-4-35-26(33)22-20(12-30-24(31)15-8-5-6-9-16(15)25(30)32)29-14(2)18(13-36-34-3)21(22)17-10-7-11-19(27)23(17)28/h5-11H,4,12-13H2,1-3H3. The molecule has 0 fully saturated rings. The molecule has 0 spiro atoms. The molecule has 0 saturated carbocycles. The number of carbonyl (C=O) groups excluding carboxylic acids is 3. The summed E-state index contributed by atoms with van der Waals surface area (Å²) < 4.78 is 5.36. The number of nitrogens with zero attached hydrogens (tertiary/aromatic N) is 2. The van der Waals surface area contributed by atoms with E-state index in [1.165, 1.54) is 7.11 Å². The number of aromatic nitrogens is 1. The number of hydrogen-bond donors (Lipinski definition) is 0. The van der Waals surface area contributed by atoms with Gasteiger partial charge in [-0.1, -0.05) is 47.5 Å². The van der Waals surface area contributed by atoms with Crippen molar-refractivity contribution < 1.29 is 28.9 Å². The van der Waals surface area contributed by atoms with Crippen molar-refractivity contribution in [1.82, 2.24) is 9.88 Å². The van der Waals surface area contributed by atoms with Gasteiger partial charge in [0.05, 0.1) is 52.7 Å². The maximum Gasteiger partial charge on any atom is 0.340 e. The number of carbonyl (C=O) groups is 3. The molecule has 4 rings (SSSR count). The summed E-state index contributed by atoms with van der Waals surface area (Å²) in [5, 5.41) is 0.486. The van der Waals surface area contributed by atoms with Crippen LogP contribution in [-0.4, -0.2) is 41.4 Å². The Morgan fingerprint density at radius 3 is 2.25 bits per heavy atom. The van der Waals surface area contributed by atoms with E-state index in [0.717, 1.165) is 4.90 Å². The van der Waals surface area contributed by atoms with Crippen LogP contribution in [0.1, 0.15) is 54.9 Å². The van der Waals surface area contributed by atoms with Crippen molar-refractivity contribution >= 4 is 41.0 Å². The molecule has 1 aliphatic heterocycles. The highest BCUT2D eigenvalue weighted by Gasteiger charge is 2.37. The van der Waals surface area contributed by atoms with Crippen LogP contribution < -0.4 is 0 Å². The van der Waals surface area contributed by atoms with Gasteiger partial charge in [0.15, 0.2) is 0 Å². The van der Waals surface area contributed by atoms with Gasteiger partial charge in [-0.05, 0) is 32.0 Å². The fourth-order valence-corrected chi connectivity index (χ4v) is 4.56. The summed E-state index contributed by atoms with van der Waals surface area (Å²) in [4.78, 5) is 55.1. The molecule has 2 amide bonds. The van der Waals surface area contributed by atoms with Crippen LogP contribution in [0, 0.1) is 6.92 Å². The molecular formula is C26H22Cl2N2O6. The number of esters is 1. The van der Waals surface area contributed by atoms with Crippen molar-refractivity contribution in [3.8, 4) is 11.1 Å². The minimum absolute atomic E-state index is 0.0536. The van der Waals surface area contributed by atoms with E-state index >= 15 is 0 Å². The number of pyridine rings is 1. The molecule has 10 heteroatoms. The van der Waals surface area contributed by atoms with E-state index in [1.807, 2.05) is 0 Å². The highest BCUT2D eigenvalue weighted by atomic mass is 35.5. The van der Waals surface area contributed by atoms with Gasteiger partial charge in [0.1, 0.15) is 6.61 Å². The topological polar surface area (TPSA) is 95.0 Å². The van der Waals surface area contributed by atoms with Crippen LogP contribution in [0.4, 0.5) is 0 Å². The number of benzene rings is 2. The van der Waals surface area contributed by atoms with Crippen molar-refractivity contribution in [2.75, 3.05) is 13.7 Å². The van der Waals surface area contributed by atoms with Crippen molar-refractivity contribution in [3.05, 3.63) is 86.2 Å². The molecule has 8 nitrogen and oxygen atoms in total. The number of halogens is 2. The lowest BCUT2D eigenvalue weighted by Crippen LogP contribution is -2.31. The molecule has 2 aromatic carbocycles. The Kier molecular flexibility index (Phi) is 7.70. The smallest absolute Gasteiger partial charge is 0.340 e. The van der Waals surface area contributed by atoms with E-state index in [2.05, 4.69) is 4.98 Å². The molecule has 0 saturated heterocycles. The maximum absolute atomic E-state index is 13.3. The fraction of sp³-hybridized carbons (Fsp3) is 0.231. The Labute approximate surface area is 217 Å². The average molecular weight is 529 g/mol. The molecule has 0 aliphatic carbocycles. The second-order valence-corrected chi connectivity index (χ2v) is 8.65. The second-order valence-electron chi connectivity index (χ2n) is 7.87. The number of ether oxygens (including phenoxy) is 1. The quantitative estimate of drug-likeness (QED) is 0.167. The zero-order valence-corrected chi connectivity index (χ0v) is 21.3. The van der Waals surface area contributed by atoms with Crippen LogP contribution in [0.2, 0.25) is 10.0 Å². The van der Waals surface area contributed by atoms with Crippen LogP contribution in [-0.2, 0) is 27.7 Å². The molecule has 0 N–H and O–H groups in total.